The van der Waals surface area contributed by atoms with Crippen LogP contribution in [0.4, 0.5) is 11.5 Å². The number of hydrogen-bond donors (Lipinski definition) is 1. The molecule has 2 aromatic carbocycles. The standard InChI is InChI=1S/C23H25N3O2/c1-17(2)26(16-18-8-5-4-6-9-18)23(27)19-12-13-22(24-15-19)25-20-10-7-11-21(14-20)28-3/h4-15,17H,16H2,1-3H3,(H,24,25). The quantitative estimate of drug-likeness (QED) is 0.639. The number of nitrogens with one attached hydrogen (secondary N) is 1. The van der Waals surface area contributed by atoms with Gasteiger partial charge in [-0.1, -0.05) is 36.4 Å². The summed E-state index contributed by atoms with van der Waals surface area (Å²) in [7, 11) is 1.63. The molecule has 3 aromatic rings. The predicted octanol–water partition coefficient (Wildman–Crippen LogP) is 4.88. The number of carbonyl (C=O) groups is 1. The Hall–Kier alpha value is -3.34. The number of benzene rings is 2. The minimum atomic E-state index is -0.0284. The van der Waals surface area contributed by atoms with Crippen molar-refractivity contribution in [1.82, 2.24) is 9.88 Å². The molecule has 1 heterocycles. The molecule has 0 aliphatic heterocycles. The van der Waals surface area contributed by atoms with Gasteiger partial charge >= 0.3 is 0 Å². The number of rotatable bonds is 7. The van der Waals surface area contributed by atoms with Crippen molar-refractivity contribution in [2.24, 2.45) is 0 Å². The van der Waals surface area contributed by atoms with Crippen LogP contribution in [0.2, 0.25) is 0 Å². The molecule has 0 saturated carbocycles. The second-order valence-electron chi connectivity index (χ2n) is 6.80. The van der Waals surface area contributed by atoms with Gasteiger partial charge in [-0.15, -0.1) is 0 Å². The first-order valence-electron chi connectivity index (χ1n) is 9.29. The van der Waals surface area contributed by atoms with E-state index in [1.807, 2.05) is 79.4 Å². The molecule has 28 heavy (non-hydrogen) atoms. The lowest BCUT2D eigenvalue weighted by Gasteiger charge is -2.27. The summed E-state index contributed by atoms with van der Waals surface area (Å²) in [4.78, 5) is 19.2. The summed E-state index contributed by atoms with van der Waals surface area (Å²) in [6.45, 7) is 4.61. The van der Waals surface area contributed by atoms with Crippen LogP contribution in [-0.4, -0.2) is 28.9 Å². The molecule has 0 spiro atoms. The molecular weight excluding hydrogens is 350 g/mol. The molecule has 0 fully saturated rings. The third kappa shape index (κ3) is 4.88. The molecule has 0 aliphatic carbocycles. The molecule has 0 aliphatic rings. The zero-order valence-electron chi connectivity index (χ0n) is 16.4. The Kier molecular flexibility index (Phi) is 6.27. The van der Waals surface area contributed by atoms with Crippen LogP contribution in [0.15, 0.2) is 72.9 Å². The van der Waals surface area contributed by atoms with Crippen LogP contribution in [0.25, 0.3) is 0 Å². The molecule has 0 unspecified atom stereocenters. The van der Waals surface area contributed by atoms with Crippen LogP contribution in [0.3, 0.4) is 0 Å². The van der Waals surface area contributed by atoms with E-state index in [0.29, 0.717) is 17.9 Å². The summed E-state index contributed by atoms with van der Waals surface area (Å²) in [5.74, 6) is 1.41. The van der Waals surface area contributed by atoms with Crippen molar-refractivity contribution in [1.29, 1.82) is 0 Å². The van der Waals surface area contributed by atoms with Crippen LogP contribution in [0.5, 0.6) is 5.75 Å². The topological polar surface area (TPSA) is 54.5 Å². The van der Waals surface area contributed by atoms with Gasteiger partial charge in [0, 0.05) is 30.5 Å². The molecule has 5 nitrogen and oxygen atoms in total. The zero-order chi connectivity index (χ0) is 19.9. The van der Waals surface area contributed by atoms with Crippen molar-refractivity contribution in [2.75, 3.05) is 12.4 Å². The number of carbonyl (C=O) groups excluding carboxylic acids is 1. The molecule has 0 saturated heterocycles. The van der Waals surface area contributed by atoms with Gasteiger partial charge in [0.15, 0.2) is 0 Å². The predicted molar refractivity (Wildman–Crippen MR) is 112 cm³/mol. The Morgan fingerprint density at radius 2 is 1.86 bits per heavy atom. The van der Waals surface area contributed by atoms with Gasteiger partial charge in [-0.2, -0.15) is 0 Å². The smallest absolute Gasteiger partial charge is 0.255 e. The first-order chi connectivity index (χ1) is 13.6. The lowest BCUT2D eigenvalue weighted by molar-refractivity contribution is 0.0690. The van der Waals surface area contributed by atoms with Crippen LogP contribution in [-0.2, 0) is 6.54 Å². The number of anilines is 2. The maximum atomic E-state index is 13.0. The SMILES string of the molecule is COc1cccc(Nc2ccc(C(=O)N(Cc3ccccc3)C(C)C)cn2)c1. The van der Waals surface area contributed by atoms with Crippen LogP contribution in [0, 0.1) is 0 Å². The van der Waals surface area contributed by atoms with Gasteiger partial charge in [-0.25, -0.2) is 4.98 Å². The van der Waals surface area contributed by atoms with Crippen molar-refractivity contribution in [3.05, 3.63) is 84.1 Å². The lowest BCUT2D eigenvalue weighted by atomic mass is 10.1. The Morgan fingerprint density at radius 1 is 1.07 bits per heavy atom. The number of hydrogen-bond acceptors (Lipinski definition) is 4. The first-order valence-corrected chi connectivity index (χ1v) is 9.29. The lowest BCUT2D eigenvalue weighted by Crippen LogP contribution is -2.36. The Morgan fingerprint density at radius 3 is 2.50 bits per heavy atom. The summed E-state index contributed by atoms with van der Waals surface area (Å²) in [5.41, 5.74) is 2.55. The fourth-order valence-corrected chi connectivity index (χ4v) is 2.88. The van der Waals surface area contributed by atoms with E-state index in [0.717, 1.165) is 17.0 Å². The van der Waals surface area contributed by atoms with E-state index < -0.39 is 0 Å². The van der Waals surface area contributed by atoms with E-state index in [4.69, 9.17) is 4.74 Å². The van der Waals surface area contributed by atoms with Gasteiger partial charge in [0.1, 0.15) is 11.6 Å². The average Bonchev–Trinajstić information content (AvgIpc) is 2.73. The Bertz CT molecular complexity index is 909. The second kappa shape index (κ2) is 9.04. The van der Waals surface area contributed by atoms with Crippen molar-refractivity contribution in [3.8, 4) is 5.75 Å². The first kappa shape index (κ1) is 19.4. The van der Waals surface area contributed by atoms with E-state index in [1.54, 1.807) is 19.4 Å². The van der Waals surface area contributed by atoms with E-state index in [-0.39, 0.29) is 11.9 Å². The molecule has 3 rings (SSSR count). The fraction of sp³-hybridized carbons (Fsp3) is 0.217. The summed E-state index contributed by atoms with van der Waals surface area (Å²) >= 11 is 0. The molecule has 1 amide bonds. The molecule has 5 heteroatoms. The highest BCUT2D eigenvalue weighted by Gasteiger charge is 2.19. The van der Waals surface area contributed by atoms with Crippen LogP contribution in [0.1, 0.15) is 29.8 Å². The summed E-state index contributed by atoms with van der Waals surface area (Å²) < 4.78 is 5.23. The molecule has 0 atom stereocenters. The van der Waals surface area contributed by atoms with Crippen LogP contribution >= 0.6 is 0 Å². The number of amides is 1. The third-order valence-corrected chi connectivity index (χ3v) is 4.43. The number of nitrogens with zero attached hydrogens (tertiary/aromatic N) is 2. The van der Waals surface area contributed by atoms with Crippen molar-refractivity contribution in [2.45, 2.75) is 26.4 Å². The zero-order valence-corrected chi connectivity index (χ0v) is 16.4. The summed E-state index contributed by atoms with van der Waals surface area (Å²) in [5, 5.41) is 3.22. The normalized spacial score (nSPS) is 10.6. The maximum absolute atomic E-state index is 13.0. The van der Waals surface area contributed by atoms with Gasteiger partial charge in [-0.05, 0) is 43.7 Å². The molecule has 0 radical (unpaired) electrons. The average molecular weight is 375 g/mol. The highest BCUT2D eigenvalue weighted by Crippen LogP contribution is 2.21. The highest BCUT2D eigenvalue weighted by molar-refractivity contribution is 5.94. The number of aromatic nitrogens is 1. The Labute approximate surface area is 166 Å². The third-order valence-electron chi connectivity index (χ3n) is 4.43. The van der Waals surface area contributed by atoms with E-state index in [1.165, 1.54) is 0 Å². The van der Waals surface area contributed by atoms with Crippen molar-refractivity contribution in [3.63, 3.8) is 0 Å². The van der Waals surface area contributed by atoms with E-state index in [9.17, 15) is 4.79 Å². The van der Waals surface area contributed by atoms with Crippen molar-refractivity contribution >= 4 is 17.4 Å². The second-order valence-corrected chi connectivity index (χ2v) is 6.80. The molecule has 1 aromatic heterocycles. The molecule has 144 valence electrons. The summed E-state index contributed by atoms with van der Waals surface area (Å²) in [6, 6.07) is 21.3. The largest absolute Gasteiger partial charge is 0.497 e. The van der Waals surface area contributed by atoms with Crippen molar-refractivity contribution < 1.29 is 9.53 Å². The van der Waals surface area contributed by atoms with Gasteiger partial charge in [0.2, 0.25) is 0 Å². The van der Waals surface area contributed by atoms with Gasteiger partial charge < -0.3 is 15.0 Å². The number of pyridine rings is 1. The van der Waals surface area contributed by atoms with Gasteiger partial charge in [0.25, 0.3) is 5.91 Å². The number of methoxy groups -OCH3 is 1. The van der Waals surface area contributed by atoms with Crippen LogP contribution < -0.4 is 10.1 Å². The molecule has 1 N–H and O–H groups in total. The van der Waals surface area contributed by atoms with E-state index >= 15 is 0 Å². The van der Waals surface area contributed by atoms with E-state index in [2.05, 4.69) is 10.3 Å². The fourth-order valence-electron chi connectivity index (χ4n) is 2.88. The van der Waals surface area contributed by atoms with Gasteiger partial charge in [-0.3, -0.25) is 4.79 Å². The summed E-state index contributed by atoms with van der Waals surface area (Å²) in [6.07, 6.45) is 1.62. The maximum Gasteiger partial charge on any atom is 0.255 e. The monoisotopic (exact) mass is 375 g/mol. The minimum Gasteiger partial charge on any atom is -0.497 e. The Balaban J connectivity index is 1.72. The molecular formula is C23H25N3O2. The molecule has 0 bridgehead atoms. The van der Waals surface area contributed by atoms with Gasteiger partial charge in [0.05, 0.1) is 12.7 Å². The highest BCUT2D eigenvalue weighted by atomic mass is 16.5. The minimum absolute atomic E-state index is 0.0284. The number of ether oxygens (including phenoxy) is 1.